The highest BCUT2D eigenvalue weighted by Gasteiger charge is 2.25. The zero-order valence-corrected chi connectivity index (χ0v) is 14.3. The van der Waals surface area contributed by atoms with Gasteiger partial charge in [0.1, 0.15) is 17.2 Å². The number of aliphatic hydroxyl groups excluding tert-OH is 1. The number of carbonyl (C=O) groups excluding carboxylic acids is 1. The van der Waals surface area contributed by atoms with Gasteiger partial charge in [-0.2, -0.15) is 0 Å². The molecule has 1 heterocycles. The first-order valence-corrected chi connectivity index (χ1v) is 8.26. The van der Waals surface area contributed by atoms with Gasteiger partial charge in [-0.3, -0.25) is 9.78 Å². The standard InChI is InChI=1S/C21H19NO4/c1-15(20(23)16-6-5-13-22-14-16)21(24)26-19-11-9-18(10-12-19)25-17-7-3-2-4-8-17/h2-15,20,23H,1H3. The number of hydrogen-bond donors (Lipinski definition) is 1. The number of carbonyl (C=O) groups is 1. The van der Waals surface area contributed by atoms with Crippen molar-refractivity contribution in [3.8, 4) is 17.2 Å². The number of pyridine rings is 1. The topological polar surface area (TPSA) is 68.7 Å². The lowest BCUT2D eigenvalue weighted by atomic mass is 9.99. The largest absolute Gasteiger partial charge is 0.457 e. The Morgan fingerprint density at radius 2 is 1.58 bits per heavy atom. The fraction of sp³-hybridized carbons (Fsp3) is 0.143. The third kappa shape index (κ3) is 4.46. The molecule has 0 saturated heterocycles. The van der Waals surface area contributed by atoms with Crippen molar-refractivity contribution in [2.45, 2.75) is 13.0 Å². The van der Waals surface area contributed by atoms with E-state index in [1.54, 1.807) is 49.5 Å². The summed E-state index contributed by atoms with van der Waals surface area (Å²) in [7, 11) is 0. The molecule has 0 saturated carbocycles. The predicted octanol–water partition coefficient (Wildman–Crippen LogP) is 4.15. The van der Waals surface area contributed by atoms with Gasteiger partial charge in [-0.15, -0.1) is 0 Å². The Labute approximate surface area is 151 Å². The van der Waals surface area contributed by atoms with Crippen LogP contribution in [0.4, 0.5) is 0 Å². The second-order valence-corrected chi connectivity index (χ2v) is 5.83. The molecule has 3 rings (SSSR count). The van der Waals surface area contributed by atoms with Crippen LogP contribution in [0.15, 0.2) is 79.1 Å². The Morgan fingerprint density at radius 3 is 2.23 bits per heavy atom. The maximum atomic E-state index is 12.3. The van der Waals surface area contributed by atoms with Crippen LogP contribution < -0.4 is 9.47 Å². The molecule has 0 amide bonds. The molecular formula is C21H19NO4. The first-order valence-electron chi connectivity index (χ1n) is 8.26. The molecule has 2 aromatic carbocycles. The average Bonchev–Trinajstić information content (AvgIpc) is 2.70. The van der Waals surface area contributed by atoms with E-state index in [4.69, 9.17) is 9.47 Å². The molecular weight excluding hydrogens is 330 g/mol. The van der Waals surface area contributed by atoms with Gasteiger partial charge in [0.25, 0.3) is 0 Å². The summed E-state index contributed by atoms with van der Waals surface area (Å²) in [5, 5.41) is 10.3. The van der Waals surface area contributed by atoms with E-state index in [0.717, 1.165) is 5.75 Å². The molecule has 132 valence electrons. The van der Waals surface area contributed by atoms with Gasteiger partial charge in [-0.1, -0.05) is 24.3 Å². The quantitative estimate of drug-likeness (QED) is 0.535. The van der Waals surface area contributed by atoms with Crippen molar-refractivity contribution in [2.24, 2.45) is 5.92 Å². The number of para-hydroxylation sites is 1. The molecule has 2 atom stereocenters. The lowest BCUT2D eigenvalue weighted by molar-refractivity contribution is -0.142. The van der Waals surface area contributed by atoms with Gasteiger partial charge in [0.15, 0.2) is 0 Å². The summed E-state index contributed by atoms with van der Waals surface area (Å²) in [5.74, 6) is 0.517. The second kappa shape index (κ2) is 8.27. The minimum absolute atomic E-state index is 0.389. The summed E-state index contributed by atoms with van der Waals surface area (Å²) >= 11 is 0. The van der Waals surface area contributed by atoms with Crippen LogP contribution in [0.25, 0.3) is 0 Å². The van der Waals surface area contributed by atoms with Crippen LogP contribution in [0.2, 0.25) is 0 Å². The Balaban J connectivity index is 1.60. The maximum absolute atomic E-state index is 12.3. The number of rotatable bonds is 6. The molecule has 5 heteroatoms. The smallest absolute Gasteiger partial charge is 0.317 e. The molecule has 2 unspecified atom stereocenters. The van der Waals surface area contributed by atoms with E-state index in [1.165, 1.54) is 6.20 Å². The third-order valence-corrected chi connectivity index (χ3v) is 3.89. The van der Waals surface area contributed by atoms with Crippen LogP contribution in [0.3, 0.4) is 0 Å². The Kier molecular flexibility index (Phi) is 5.61. The molecule has 0 fully saturated rings. The Bertz CT molecular complexity index is 835. The zero-order valence-electron chi connectivity index (χ0n) is 14.3. The van der Waals surface area contributed by atoms with Gasteiger partial charge in [0, 0.05) is 12.4 Å². The number of ether oxygens (including phenoxy) is 2. The fourth-order valence-corrected chi connectivity index (χ4v) is 2.38. The molecule has 1 N–H and O–H groups in total. The third-order valence-electron chi connectivity index (χ3n) is 3.89. The number of esters is 1. The van der Waals surface area contributed by atoms with E-state index in [2.05, 4.69) is 4.98 Å². The summed E-state index contributed by atoms with van der Waals surface area (Å²) in [6.45, 7) is 1.62. The predicted molar refractivity (Wildman–Crippen MR) is 97.0 cm³/mol. The van der Waals surface area contributed by atoms with Crippen LogP contribution in [0.1, 0.15) is 18.6 Å². The maximum Gasteiger partial charge on any atom is 0.317 e. The number of benzene rings is 2. The monoisotopic (exact) mass is 349 g/mol. The van der Waals surface area contributed by atoms with Crippen molar-refractivity contribution in [1.29, 1.82) is 0 Å². The second-order valence-electron chi connectivity index (χ2n) is 5.83. The zero-order chi connectivity index (χ0) is 18.4. The molecule has 0 aliphatic rings. The van der Waals surface area contributed by atoms with E-state index < -0.39 is 18.0 Å². The van der Waals surface area contributed by atoms with E-state index in [1.807, 2.05) is 30.3 Å². The van der Waals surface area contributed by atoms with Gasteiger partial charge in [0.05, 0.1) is 12.0 Å². The van der Waals surface area contributed by atoms with Gasteiger partial charge < -0.3 is 14.6 Å². The lowest BCUT2D eigenvalue weighted by Gasteiger charge is -2.17. The van der Waals surface area contributed by atoms with Gasteiger partial charge in [0.2, 0.25) is 0 Å². The molecule has 3 aromatic rings. The van der Waals surface area contributed by atoms with Crippen molar-refractivity contribution in [3.05, 3.63) is 84.7 Å². The van der Waals surface area contributed by atoms with E-state index >= 15 is 0 Å². The highest BCUT2D eigenvalue weighted by atomic mass is 16.5. The highest BCUT2D eigenvalue weighted by molar-refractivity contribution is 5.75. The molecule has 0 aliphatic carbocycles. The van der Waals surface area contributed by atoms with Crippen molar-refractivity contribution in [2.75, 3.05) is 0 Å². The van der Waals surface area contributed by atoms with E-state index in [0.29, 0.717) is 17.1 Å². The van der Waals surface area contributed by atoms with E-state index in [9.17, 15) is 9.90 Å². The minimum atomic E-state index is -0.975. The lowest BCUT2D eigenvalue weighted by Crippen LogP contribution is -2.24. The summed E-state index contributed by atoms with van der Waals surface area (Å²) in [4.78, 5) is 16.2. The molecule has 0 spiro atoms. The first-order chi connectivity index (χ1) is 12.6. The number of aliphatic hydroxyl groups is 1. The average molecular weight is 349 g/mol. The first kappa shape index (κ1) is 17.6. The van der Waals surface area contributed by atoms with Crippen LogP contribution in [0, 0.1) is 5.92 Å². The summed E-state index contributed by atoms with van der Waals surface area (Å²) < 4.78 is 11.0. The van der Waals surface area contributed by atoms with Crippen molar-refractivity contribution in [1.82, 2.24) is 4.98 Å². The molecule has 0 aliphatic heterocycles. The SMILES string of the molecule is CC(C(=O)Oc1ccc(Oc2ccccc2)cc1)C(O)c1cccnc1. The number of hydrogen-bond acceptors (Lipinski definition) is 5. The molecule has 26 heavy (non-hydrogen) atoms. The molecule has 0 radical (unpaired) electrons. The minimum Gasteiger partial charge on any atom is -0.457 e. The summed E-state index contributed by atoms with van der Waals surface area (Å²) in [6.07, 6.45) is 2.17. The molecule has 5 nitrogen and oxygen atoms in total. The van der Waals surface area contributed by atoms with Crippen LogP contribution >= 0.6 is 0 Å². The van der Waals surface area contributed by atoms with Gasteiger partial charge >= 0.3 is 5.97 Å². The van der Waals surface area contributed by atoms with Crippen molar-refractivity contribution in [3.63, 3.8) is 0 Å². The highest BCUT2D eigenvalue weighted by Crippen LogP contribution is 2.26. The normalized spacial score (nSPS) is 12.8. The van der Waals surface area contributed by atoms with Crippen LogP contribution in [0.5, 0.6) is 17.2 Å². The number of nitrogens with zero attached hydrogens (tertiary/aromatic N) is 1. The van der Waals surface area contributed by atoms with E-state index in [-0.39, 0.29) is 0 Å². The van der Waals surface area contributed by atoms with Crippen molar-refractivity contribution < 1.29 is 19.4 Å². The van der Waals surface area contributed by atoms with Gasteiger partial charge in [-0.05, 0) is 55.0 Å². The Morgan fingerprint density at radius 1 is 0.923 bits per heavy atom. The number of aromatic nitrogens is 1. The molecule has 0 bridgehead atoms. The van der Waals surface area contributed by atoms with Gasteiger partial charge in [-0.25, -0.2) is 0 Å². The molecule has 1 aromatic heterocycles. The van der Waals surface area contributed by atoms with Crippen LogP contribution in [-0.2, 0) is 4.79 Å². The van der Waals surface area contributed by atoms with Crippen LogP contribution in [-0.4, -0.2) is 16.1 Å². The summed E-state index contributed by atoms with van der Waals surface area (Å²) in [5.41, 5.74) is 0.573. The van der Waals surface area contributed by atoms with Crippen molar-refractivity contribution >= 4 is 5.97 Å². The fourth-order valence-electron chi connectivity index (χ4n) is 2.38. The Hall–Kier alpha value is -3.18. The summed E-state index contributed by atoms with van der Waals surface area (Å²) in [6, 6.07) is 19.6.